The Labute approximate surface area is 83.7 Å². The number of hydrogen-bond donors (Lipinski definition) is 0. The fraction of sp³-hybridized carbons (Fsp3) is 0.455. The molecule has 0 atom stereocenters. The van der Waals surface area contributed by atoms with Crippen LogP contribution in [0.4, 0.5) is 4.39 Å². The van der Waals surface area contributed by atoms with Crippen molar-refractivity contribution in [3.63, 3.8) is 0 Å². The molecule has 0 nitrogen and oxygen atoms in total. The molecule has 1 aromatic carbocycles. The summed E-state index contributed by atoms with van der Waals surface area (Å²) in [6.07, 6.45) is 1.90. The summed E-state index contributed by atoms with van der Waals surface area (Å²) in [7, 11) is 0. The molecule has 0 amide bonds. The van der Waals surface area contributed by atoms with Gasteiger partial charge >= 0.3 is 0 Å². The molecule has 1 aromatic rings. The van der Waals surface area contributed by atoms with E-state index in [1.165, 1.54) is 6.07 Å². The summed E-state index contributed by atoms with van der Waals surface area (Å²) in [6, 6.07) is 4.98. The number of rotatable bonds is 3. The Morgan fingerprint density at radius 3 is 2.69 bits per heavy atom. The van der Waals surface area contributed by atoms with Crippen molar-refractivity contribution in [2.45, 2.75) is 26.7 Å². The lowest BCUT2D eigenvalue weighted by atomic mass is 10.0. The van der Waals surface area contributed by atoms with Crippen molar-refractivity contribution in [3.05, 3.63) is 34.6 Å². The monoisotopic (exact) mass is 200 g/mol. The molecule has 0 radical (unpaired) electrons. The van der Waals surface area contributed by atoms with Crippen LogP contribution in [-0.2, 0) is 6.42 Å². The van der Waals surface area contributed by atoms with E-state index in [0.29, 0.717) is 5.92 Å². The van der Waals surface area contributed by atoms with Gasteiger partial charge in [0.2, 0.25) is 0 Å². The van der Waals surface area contributed by atoms with E-state index in [1.54, 1.807) is 6.07 Å². The lowest BCUT2D eigenvalue weighted by Gasteiger charge is -2.06. The summed E-state index contributed by atoms with van der Waals surface area (Å²) in [4.78, 5) is 0. The normalized spacial score (nSPS) is 10.8. The van der Waals surface area contributed by atoms with Gasteiger partial charge in [-0.3, -0.25) is 0 Å². The van der Waals surface area contributed by atoms with E-state index in [0.717, 1.165) is 18.4 Å². The van der Waals surface area contributed by atoms with Gasteiger partial charge in [0.15, 0.2) is 0 Å². The van der Waals surface area contributed by atoms with Crippen molar-refractivity contribution in [3.8, 4) is 0 Å². The molecule has 13 heavy (non-hydrogen) atoms. The highest BCUT2D eigenvalue weighted by atomic mass is 35.5. The number of halogens is 2. The number of benzene rings is 1. The van der Waals surface area contributed by atoms with Gasteiger partial charge in [0, 0.05) is 0 Å². The number of hydrogen-bond acceptors (Lipinski definition) is 0. The van der Waals surface area contributed by atoms with E-state index in [4.69, 9.17) is 11.6 Å². The van der Waals surface area contributed by atoms with Crippen LogP contribution in [0.15, 0.2) is 18.2 Å². The van der Waals surface area contributed by atoms with Gasteiger partial charge in [0.1, 0.15) is 5.82 Å². The Kier molecular flexibility index (Phi) is 3.73. The fourth-order valence-electron chi connectivity index (χ4n) is 1.19. The van der Waals surface area contributed by atoms with Crippen LogP contribution in [0.1, 0.15) is 25.8 Å². The third-order valence-corrected chi connectivity index (χ3v) is 2.45. The highest BCUT2D eigenvalue weighted by Gasteiger charge is 2.05. The molecule has 0 aliphatic heterocycles. The van der Waals surface area contributed by atoms with Gasteiger partial charge < -0.3 is 0 Å². The zero-order valence-electron chi connectivity index (χ0n) is 7.98. The molecule has 0 aliphatic rings. The van der Waals surface area contributed by atoms with E-state index < -0.39 is 0 Å². The van der Waals surface area contributed by atoms with Gasteiger partial charge in [-0.25, -0.2) is 4.39 Å². The van der Waals surface area contributed by atoms with Crippen LogP contribution in [0.25, 0.3) is 0 Å². The van der Waals surface area contributed by atoms with Gasteiger partial charge in [0.05, 0.1) is 5.02 Å². The topological polar surface area (TPSA) is 0 Å². The summed E-state index contributed by atoms with van der Waals surface area (Å²) in [6.45, 7) is 4.29. The smallest absolute Gasteiger partial charge is 0.142 e. The molecule has 0 saturated carbocycles. The van der Waals surface area contributed by atoms with E-state index >= 15 is 0 Å². The maximum absolute atomic E-state index is 13.0. The molecule has 0 saturated heterocycles. The predicted octanol–water partition coefficient (Wildman–Crippen LogP) is 4.07. The van der Waals surface area contributed by atoms with Gasteiger partial charge in [0.25, 0.3) is 0 Å². The second-order valence-corrected chi connectivity index (χ2v) is 4.02. The van der Waals surface area contributed by atoms with Crippen molar-refractivity contribution < 1.29 is 4.39 Å². The Hall–Kier alpha value is -0.560. The minimum absolute atomic E-state index is 0.281. The largest absolute Gasteiger partial charge is 0.205 e. The standard InChI is InChI=1S/C11H14ClF/c1-8(2)6-7-9-4-3-5-10(13)11(9)12/h3-5,8H,6-7H2,1-2H3. The minimum Gasteiger partial charge on any atom is -0.205 e. The van der Waals surface area contributed by atoms with Crippen LogP contribution in [0.2, 0.25) is 5.02 Å². The van der Waals surface area contributed by atoms with Crippen LogP contribution in [-0.4, -0.2) is 0 Å². The number of aryl methyl sites for hydroxylation is 1. The molecule has 0 unspecified atom stereocenters. The zero-order chi connectivity index (χ0) is 9.84. The third kappa shape index (κ3) is 3.00. The fourth-order valence-corrected chi connectivity index (χ4v) is 1.41. The second-order valence-electron chi connectivity index (χ2n) is 3.65. The Bertz CT molecular complexity index is 281. The van der Waals surface area contributed by atoms with Crippen molar-refractivity contribution in [2.24, 2.45) is 5.92 Å². The van der Waals surface area contributed by atoms with Crippen LogP contribution in [0.3, 0.4) is 0 Å². The molecule has 0 N–H and O–H groups in total. The Morgan fingerprint density at radius 1 is 1.38 bits per heavy atom. The summed E-state index contributed by atoms with van der Waals surface area (Å²) in [5, 5.41) is 0.281. The molecule has 0 heterocycles. The van der Waals surface area contributed by atoms with Crippen LogP contribution >= 0.6 is 11.6 Å². The maximum Gasteiger partial charge on any atom is 0.142 e. The molecule has 0 bridgehead atoms. The van der Waals surface area contributed by atoms with Crippen molar-refractivity contribution in [1.29, 1.82) is 0 Å². The maximum atomic E-state index is 13.0. The Balaban J connectivity index is 2.71. The SMILES string of the molecule is CC(C)CCc1cccc(F)c1Cl. The highest BCUT2D eigenvalue weighted by Crippen LogP contribution is 2.21. The quantitative estimate of drug-likeness (QED) is 0.690. The first-order chi connectivity index (χ1) is 6.11. The summed E-state index contributed by atoms with van der Waals surface area (Å²) < 4.78 is 13.0. The molecule has 0 aliphatic carbocycles. The average Bonchev–Trinajstić information content (AvgIpc) is 2.07. The molecule has 2 heteroatoms. The highest BCUT2D eigenvalue weighted by molar-refractivity contribution is 6.31. The minimum atomic E-state index is -0.317. The molecule has 0 spiro atoms. The Morgan fingerprint density at radius 2 is 2.08 bits per heavy atom. The summed E-state index contributed by atoms with van der Waals surface area (Å²) in [5.74, 6) is 0.308. The molecular formula is C11H14ClF. The van der Waals surface area contributed by atoms with Crippen molar-refractivity contribution in [2.75, 3.05) is 0 Å². The van der Waals surface area contributed by atoms with Crippen LogP contribution < -0.4 is 0 Å². The van der Waals surface area contributed by atoms with E-state index in [2.05, 4.69) is 13.8 Å². The van der Waals surface area contributed by atoms with Gasteiger partial charge in [-0.2, -0.15) is 0 Å². The predicted molar refractivity (Wildman–Crippen MR) is 54.6 cm³/mol. The molecule has 72 valence electrons. The zero-order valence-corrected chi connectivity index (χ0v) is 8.74. The lowest BCUT2D eigenvalue weighted by Crippen LogP contribution is -1.94. The van der Waals surface area contributed by atoms with Crippen LogP contribution in [0.5, 0.6) is 0 Å². The van der Waals surface area contributed by atoms with E-state index in [9.17, 15) is 4.39 Å². The van der Waals surface area contributed by atoms with Gasteiger partial charge in [-0.05, 0) is 30.4 Å². The van der Waals surface area contributed by atoms with E-state index in [1.807, 2.05) is 6.07 Å². The third-order valence-electron chi connectivity index (χ3n) is 2.02. The first kappa shape index (κ1) is 10.5. The lowest BCUT2D eigenvalue weighted by molar-refractivity contribution is 0.581. The average molecular weight is 201 g/mol. The first-order valence-electron chi connectivity index (χ1n) is 4.54. The summed E-state index contributed by atoms with van der Waals surface area (Å²) in [5.41, 5.74) is 0.912. The molecule has 0 aromatic heterocycles. The van der Waals surface area contributed by atoms with Gasteiger partial charge in [-0.1, -0.05) is 37.6 Å². The van der Waals surface area contributed by atoms with E-state index in [-0.39, 0.29) is 10.8 Å². The van der Waals surface area contributed by atoms with Gasteiger partial charge in [-0.15, -0.1) is 0 Å². The molecule has 0 fully saturated rings. The van der Waals surface area contributed by atoms with Crippen molar-refractivity contribution >= 4 is 11.6 Å². The molecule has 1 rings (SSSR count). The second kappa shape index (κ2) is 4.61. The van der Waals surface area contributed by atoms with Crippen LogP contribution in [0, 0.1) is 11.7 Å². The van der Waals surface area contributed by atoms with Crippen molar-refractivity contribution in [1.82, 2.24) is 0 Å². The first-order valence-corrected chi connectivity index (χ1v) is 4.92. The molecular weight excluding hydrogens is 187 g/mol. The summed E-state index contributed by atoms with van der Waals surface area (Å²) >= 11 is 5.80.